The van der Waals surface area contributed by atoms with Crippen molar-refractivity contribution in [3.8, 4) is 0 Å². The van der Waals surface area contributed by atoms with Crippen LogP contribution in [0.5, 0.6) is 0 Å². The van der Waals surface area contributed by atoms with Crippen molar-refractivity contribution in [2.45, 2.75) is 70.3 Å². The zero-order valence-electron chi connectivity index (χ0n) is 21.1. The van der Waals surface area contributed by atoms with E-state index >= 15 is 0 Å². The molecule has 1 spiro atoms. The molecular formula is C33H32BrNS. The Balaban J connectivity index is 1.60. The topological polar surface area (TPSA) is 3.24 Å². The maximum absolute atomic E-state index is 4.94. The van der Waals surface area contributed by atoms with E-state index in [4.69, 9.17) is 12.6 Å². The number of halogens is 1. The second-order valence-electron chi connectivity index (χ2n) is 11.2. The molecule has 2 atom stereocenters. The number of benzene rings is 1. The van der Waals surface area contributed by atoms with Crippen LogP contribution in [-0.4, -0.2) is 10.9 Å². The summed E-state index contributed by atoms with van der Waals surface area (Å²) in [5.41, 5.74) is 14.6. The summed E-state index contributed by atoms with van der Waals surface area (Å²) in [4.78, 5) is 3.91. The van der Waals surface area contributed by atoms with Crippen LogP contribution < -0.4 is 0 Å². The first-order valence-corrected chi connectivity index (χ1v) is 14.6. The molecular weight excluding hydrogens is 522 g/mol. The van der Waals surface area contributed by atoms with Crippen LogP contribution in [0.15, 0.2) is 109 Å². The highest BCUT2D eigenvalue weighted by molar-refractivity contribution is 9.10. The highest BCUT2D eigenvalue weighted by atomic mass is 79.9. The van der Waals surface area contributed by atoms with Gasteiger partial charge in [0.1, 0.15) is 0 Å². The predicted molar refractivity (Wildman–Crippen MR) is 158 cm³/mol. The largest absolute Gasteiger partial charge is 0.334 e. The normalized spacial score (nSPS) is 28.6. The summed E-state index contributed by atoms with van der Waals surface area (Å²) in [7, 11) is 0. The Hall–Kier alpha value is -2.23. The van der Waals surface area contributed by atoms with Crippen LogP contribution in [0.1, 0.15) is 69.9 Å². The van der Waals surface area contributed by atoms with E-state index in [2.05, 4.69) is 95.4 Å². The van der Waals surface area contributed by atoms with Crippen molar-refractivity contribution < 1.29 is 0 Å². The highest BCUT2D eigenvalue weighted by Gasteiger charge is 2.56. The van der Waals surface area contributed by atoms with Crippen LogP contribution in [0, 0.1) is 0 Å². The number of rotatable bonds is 1. The van der Waals surface area contributed by atoms with Gasteiger partial charge in [0, 0.05) is 15.9 Å². The van der Waals surface area contributed by atoms with E-state index < -0.39 is 0 Å². The summed E-state index contributed by atoms with van der Waals surface area (Å²) >= 11 is 8.79. The van der Waals surface area contributed by atoms with E-state index in [0.29, 0.717) is 6.04 Å². The Labute approximate surface area is 229 Å². The average molecular weight is 555 g/mol. The monoisotopic (exact) mass is 553 g/mol. The molecule has 0 saturated carbocycles. The van der Waals surface area contributed by atoms with Gasteiger partial charge in [-0.05, 0) is 127 Å². The molecule has 1 aromatic carbocycles. The lowest BCUT2D eigenvalue weighted by molar-refractivity contribution is 0.307. The Morgan fingerprint density at radius 2 is 1.86 bits per heavy atom. The minimum atomic E-state index is -0.213. The number of hydrogen-bond donors (Lipinski definition) is 1. The third-order valence-electron chi connectivity index (χ3n) is 9.00. The lowest BCUT2D eigenvalue weighted by Crippen LogP contribution is -2.50. The predicted octanol–water partition coefficient (Wildman–Crippen LogP) is 9.25. The fourth-order valence-electron chi connectivity index (χ4n) is 7.53. The number of fused-ring (bicyclic) bond motifs is 7. The molecule has 0 radical (unpaired) electrons. The standard InChI is InChI=1S/C33H32BrNS/c1-20-6-5-7-23(16-20)35-31-9-4-3-8-27(31)33(28-15-10-21(2)17-32(28)35)29-18-22(34)11-13-25(29)26-14-12-24(36)19-30(26)33/h3-4,7-8,11,13,16-19,31,36H,5-6,9-10,12,14-15H2,1-2H3. The van der Waals surface area contributed by atoms with Gasteiger partial charge in [-0.1, -0.05) is 57.4 Å². The third kappa shape index (κ3) is 3.15. The van der Waals surface area contributed by atoms with Crippen molar-refractivity contribution in [2.24, 2.45) is 0 Å². The third-order valence-corrected chi connectivity index (χ3v) is 9.84. The highest BCUT2D eigenvalue weighted by Crippen LogP contribution is 2.64. The van der Waals surface area contributed by atoms with Gasteiger partial charge in [0.2, 0.25) is 0 Å². The van der Waals surface area contributed by atoms with Gasteiger partial charge in [-0.15, -0.1) is 12.6 Å². The molecule has 2 unspecified atom stereocenters. The van der Waals surface area contributed by atoms with Gasteiger partial charge in [0.25, 0.3) is 0 Å². The summed E-state index contributed by atoms with van der Waals surface area (Å²) in [6.07, 6.45) is 24.6. The van der Waals surface area contributed by atoms with Crippen LogP contribution in [0.4, 0.5) is 0 Å². The number of allylic oxidation sites excluding steroid dienone is 12. The molecule has 0 aromatic heterocycles. The molecule has 0 amide bonds. The summed E-state index contributed by atoms with van der Waals surface area (Å²) in [6, 6.07) is 7.32. The summed E-state index contributed by atoms with van der Waals surface area (Å²) in [5, 5.41) is 0. The Bertz CT molecular complexity index is 1460. The van der Waals surface area contributed by atoms with Gasteiger partial charge in [-0.3, -0.25) is 0 Å². The van der Waals surface area contributed by atoms with Crippen molar-refractivity contribution in [1.82, 2.24) is 4.90 Å². The lowest BCUT2D eigenvalue weighted by atomic mass is 9.58. The molecule has 1 nitrogen and oxygen atoms in total. The summed E-state index contributed by atoms with van der Waals surface area (Å²) < 4.78 is 1.17. The smallest absolute Gasteiger partial charge is 0.0676 e. The van der Waals surface area contributed by atoms with Gasteiger partial charge < -0.3 is 4.90 Å². The fraction of sp³-hybridized carbons (Fsp3) is 0.333. The molecule has 1 aliphatic heterocycles. The zero-order valence-corrected chi connectivity index (χ0v) is 23.6. The van der Waals surface area contributed by atoms with Crippen LogP contribution >= 0.6 is 28.6 Å². The average Bonchev–Trinajstić information content (AvgIpc) is 3.13. The lowest BCUT2D eigenvalue weighted by Gasteiger charge is -2.54. The quantitative estimate of drug-likeness (QED) is 0.339. The Morgan fingerprint density at radius 1 is 1.00 bits per heavy atom. The van der Waals surface area contributed by atoms with Gasteiger partial charge in [0.15, 0.2) is 0 Å². The van der Waals surface area contributed by atoms with Crippen molar-refractivity contribution in [3.63, 3.8) is 0 Å². The minimum Gasteiger partial charge on any atom is -0.334 e. The molecule has 0 N–H and O–H groups in total. The van der Waals surface area contributed by atoms with Crippen LogP contribution in [0.2, 0.25) is 0 Å². The second-order valence-corrected chi connectivity index (χ2v) is 12.6. The van der Waals surface area contributed by atoms with E-state index in [9.17, 15) is 0 Å². The molecule has 6 aliphatic rings. The van der Waals surface area contributed by atoms with Crippen LogP contribution in [-0.2, 0) is 5.41 Å². The zero-order chi connectivity index (χ0) is 24.6. The van der Waals surface area contributed by atoms with Crippen LogP contribution in [0.3, 0.4) is 0 Å². The van der Waals surface area contributed by atoms with Crippen molar-refractivity contribution in [1.29, 1.82) is 0 Å². The maximum atomic E-state index is 4.94. The van der Waals surface area contributed by atoms with E-state index in [-0.39, 0.29) is 5.41 Å². The Kier molecular flexibility index (Phi) is 5.35. The number of nitrogens with zero attached hydrogens (tertiary/aromatic N) is 1. The number of hydrogen-bond acceptors (Lipinski definition) is 2. The van der Waals surface area contributed by atoms with Gasteiger partial charge >= 0.3 is 0 Å². The van der Waals surface area contributed by atoms with Gasteiger partial charge in [-0.25, -0.2) is 0 Å². The molecule has 3 heteroatoms. The molecule has 182 valence electrons. The number of thiol groups is 1. The SMILES string of the molecule is CC1=CC(N2C3=C(CCC(C)=C3)C3(C4=CC=CCC42)C2=C(CCC(S)=C2)c2ccc(Br)cc23)=CCC1. The Morgan fingerprint density at radius 3 is 2.72 bits per heavy atom. The summed E-state index contributed by atoms with van der Waals surface area (Å²) in [5.74, 6) is 0. The van der Waals surface area contributed by atoms with E-state index in [1.807, 2.05) is 0 Å². The van der Waals surface area contributed by atoms with E-state index in [1.54, 1.807) is 5.57 Å². The molecule has 5 aliphatic carbocycles. The van der Waals surface area contributed by atoms with Gasteiger partial charge in [0.05, 0.1) is 11.5 Å². The minimum absolute atomic E-state index is 0.213. The summed E-state index contributed by atoms with van der Waals surface area (Å²) in [6.45, 7) is 4.60. The molecule has 0 saturated heterocycles. The van der Waals surface area contributed by atoms with Crippen LogP contribution in [0.25, 0.3) is 5.57 Å². The molecule has 0 bridgehead atoms. The molecule has 0 fully saturated rings. The van der Waals surface area contributed by atoms with Crippen molar-refractivity contribution in [2.75, 3.05) is 0 Å². The van der Waals surface area contributed by atoms with Gasteiger partial charge in [-0.2, -0.15) is 0 Å². The first-order chi connectivity index (χ1) is 17.5. The molecule has 1 aromatic rings. The first kappa shape index (κ1) is 22.9. The van der Waals surface area contributed by atoms with Crippen molar-refractivity contribution in [3.05, 3.63) is 120 Å². The maximum Gasteiger partial charge on any atom is 0.0676 e. The molecule has 1 heterocycles. The first-order valence-electron chi connectivity index (χ1n) is 13.4. The van der Waals surface area contributed by atoms with E-state index in [0.717, 1.165) is 38.5 Å². The fourth-order valence-corrected chi connectivity index (χ4v) is 8.14. The molecule has 36 heavy (non-hydrogen) atoms. The molecule has 7 rings (SSSR count). The van der Waals surface area contributed by atoms with Crippen molar-refractivity contribution >= 4 is 34.1 Å². The second kappa shape index (κ2) is 8.39. The van der Waals surface area contributed by atoms with E-state index in [1.165, 1.54) is 66.2 Å².